The standard InChI is InChI=1S/C43H62F4N4O10/c1-41(2,3)60-36(52)26-48-17-21-50(34(38(54)55)25-31-13-15-33(16-14-31)59-30-43(46,47)40(44)45)22-18-49(27-37(53)61-42(4,5)6)20-24-51(23-19-48)35(39(56)57-7)29-58-28-32-11-9-8-10-12-32/h8-16,34-35,40H,17-30H2,1-7H3,(H,54,55). The smallest absolute Gasteiger partial charge is 0.340 e. The molecule has 14 nitrogen and oxygen atoms in total. The molecular weight excluding hydrogens is 808 g/mol. The van der Waals surface area contributed by atoms with Crippen LogP contribution in [-0.2, 0) is 51.2 Å². The average molecular weight is 871 g/mol. The molecule has 0 saturated carbocycles. The maximum Gasteiger partial charge on any atom is 0.340 e. The number of esters is 3. The van der Waals surface area contributed by atoms with Crippen molar-refractivity contribution in [2.24, 2.45) is 0 Å². The zero-order chi connectivity index (χ0) is 45.4. The molecule has 61 heavy (non-hydrogen) atoms. The quantitative estimate of drug-likeness (QED) is 0.126. The molecule has 342 valence electrons. The third-order valence-electron chi connectivity index (χ3n) is 9.49. The van der Waals surface area contributed by atoms with Gasteiger partial charge in [0.25, 0.3) is 0 Å². The molecule has 2 unspecified atom stereocenters. The predicted molar refractivity (Wildman–Crippen MR) is 218 cm³/mol. The summed E-state index contributed by atoms with van der Waals surface area (Å²) < 4.78 is 79.6. The van der Waals surface area contributed by atoms with Gasteiger partial charge >= 0.3 is 36.2 Å². The Bertz CT molecular complexity index is 1630. The number of halogens is 4. The number of carboxylic acid groups (broad SMARTS) is 1. The van der Waals surface area contributed by atoms with Crippen molar-refractivity contribution in [1.82, 2.24) is 19.6 Å². The van der Waals surface area contributed by atoms with Crippen LogP contribution in [-0.4, -0.2) is 170 Å². The Morgan fingerprint density at radius 2 is 1.16 bits per heavy atom. The fourth-order valence-corrected chi connectivity index (χ4v) is 6.46. The van der Waals surface area contributed by atoms with E-state index in [1.54, 1.807) is 46.4 Å². The van der Waals surface area contributed by atoms with Gasteiger partial charge in [-0.3, -0.25) is 38.8 Å². The van der Waals surface area contributed by atoms with E-state index in [9.17, 15) is 41.8 Å². The van der Waals surface area contributed by atoms with Crippen LogP contribution in [0.25, 0.3) is 0 Å². The zero-order valence-corrected chi connectivity index (χ0v) is 36.2. The van der Waals surface area contributed by atoms with Gasteiger partial charge in [-0.2, -0.15) is 8.78 Å². The highest BCUT2D eigenvalue weighted by atomic mass is 19.3. The summed E-state index contributed by atoms with van der Waals surface area (Å²) in [4.78, 5) is 60.0. The Morgan fingerprint density at radius 3 is 1.59 bits per heavy atom. The minimum atomic E-state index is -4.35. The molecule has 1 heterocycles. The van der Waals surface area contributed by atoms with Gasteiger partial charge in [-0.25, -0.2) is 8.78 Å². The van der Waals surface area contributed by atoms with Gasteiger partial charge in [0.1, 0.15) is 29.0 Å². The van der Waals surface area contributed by atoms with Crippen LogP contribution in [0.1, 0.15) is 52.7 Å². The molecule has 0 bridgehead atoms. The van der Waals surface area contributed by atoms with E-state index in [0.29, 0.717) is 5.56 Å². The summed E-state index contributed by atoms with van der Waals surface area (Å²) in [5.41, 5.74) is -0.132. The first-order chi connectivity index (χ1) is 28.5. The highest BCUT2D eigenvalue weighted by Crippen LogP contribution is 2.25. The number of benzene rings is 2. The van der Waals surface area contributed by atoms with Gasteiger partial charge in [-0.05, 0) is 71.2 Å². The minimum Gasteiger partial charge on any atom is -0.487 e. The number of alkyl halides is 4. The summed E-state index contributed by atoms with van der Waals surface area (Å²) in [6, 6.07) is 13.0. The van der Waals surface area contributed by atoms with Crippen LogP contribution in [0, 0.1) is 0 Å². The van der Waals surface area contributed by atoms with E-state index < -0.39 is 66.1 Å². The highest BCUT2D eigenvalue weighted by molar-refractivity contribution is 5.76. The molecule has 0 radical (unpaired) electrons. The highest BCUT2D eigenvalue weighted by Gasteiger charge is 2.42. The van der Waals surface area contributed by atoms with E-state index in [4.69, 9.17) is 23.7 Å². The lowest BCUT2D eigenvalue weighted by molar-refractivity contribution is -0.157. The zero-order valence-electron chi connectivity index (χ0n) is 36.2. The maximum atomic E-state index is 13.5. The van der Waals surface area contributed by atoms with Crippen LogP contribution in [0.3, 0.4) is 0 Å². The Hall–Kier alpha value is -4.36. The van der Waals surface area contributed by atoms with Gasteiger partial charge in [0, 0.05) is 52.4 Å². The fourth-order valence-electron chi connectivity index (χ4n) is 6.46. The SMILES string of the molecule is COC(=O)C(COCc1ccccc1)N1CCN(CC(=O)OC(C)(C)C)CCN(C(Cc2ccc(OCC(F)(F)C(F)F)cc2)C(=O)O)CCN(CC(=O)OC(C)(C)C)CC1. The number of ether oxygens (including phenoxy) is 5. The first kappa shape index (κ1) is 51.0. The number of methoxy groups -OCH3 is 1. The second kappa shape index (κ2) is 23.7. The summed E-state index contributed by atoms with van der Waals surface area (Å²) in [7, 11) is 1.29. The molecule has 1 aliphatic heterocycles. The summed E-state index contributed by atoms with van der Waals surface area (Å²) in [5, 5.41) is 10.6. The van der Waals surface area contributed by atoms with Crippen molar-refractivity contribution in [3.8, 4) is 5.75 Å². The fraction of sp³-hybridized carbons (Fsp3) is 0.628. The number of carboxylic acids is 1. The number of carbonyl (C=O) groups excluding carboxylic acids is 3. The topological polar surface area (TPSA) is 148 Å². The first-order valence-electron chi connectivity index (χ1n) is 20.2. The normalized spacial score (nSPS) is 17.1. The van der Waals surface area contributed by atoms with E-state index >= 15 is 0 Å². The minimum absolute atomic E-state index is 0.0109. The summed E-state index contributed by atoms with van der Waals surface area (Å²) >= 11 is 0. The number of aliphatic carboxylic acids is 1. The van der Waals surface area contributed by atoms with E-state index in [1.165, 1.54) is 31.4 Å². The van der Waals surface area contributed by atoms with E-state index in [0.717, 1.165) is 5.56 Å². The van der Waals surface area contributed by atoms with Crippen LogP contribution >= 0.6 is 0 Å². The number of hydrogen-bond acceptors (Lipinski definition) is 13. The van der Waals surface area contributed by atoms with Crippen molar-refractivity contribution in [3.63, 3.8) is 0 Å². The van der Waals surface area contributed by atoms with Crippen molar-refractivity contribution >= 4 is 23.9 Å². The van der Waals surface area contributed by atoms with Crippen LogP contribution in [0.5, 0.6) is 5.75 Å². The van der Waals surface area contributed by atoms with Crippen molar-refractivity contribution in [2.45, 2.75) is 90.2 Å². The Labute approximate surface area is 356 Å². The number of hydrogen-bond donors (Lipinski definition) is 1. The summed E-state index contributed by atoms with van der Waals surface area (Å²) in [6.07, 6.45) is -3.94. The van der Waals surface area contributed by atoms with Crippen molar-refractivity contribution < 1.29 is 65.5 Å². The molecule has 0 aliphatic carbocycles. The Balaban J connectivity index is 1.95. The largest absolute Gasteiger partial charge is 0.487 e. The van der Waals surface area contributed by atoms with E-state index in [2.05, 4.69) is 0 Å². The molecule has 1 aliphatic rings. The molecule has 2 aromatic rings. The maximum absolute atomic E-state index is 13.5. The van der Waals surface area contributed by atoms with Gasteiger partial charge in [-0.1, -0.05) is 42.5 Å². The molecule has 0 spiro atoms. The lowest BCUT2D eigenvalue weighted by Gasteiger charge is -2.37. The first-order valence-corrected chi connectivity index (χ1v) is 20.2. The van der Waals surface area contributed by atoms with Gasteiger partial charge < -0.3 is 28.8 Å². The van der Waals surface area contributed by atoms with Crippen molar-refractivity contribution in [3.05, 3.63) is 65.7 Å². The van der Waals surface area contributed by atoms with Crippen LogP contribution < -0.4 is 4.74 Å². The Kier molecular flexibility index (Phi) is 19.8. The average Bonchev–Trinajstić information content (AvgIpc) is 3.16. The molecule has 1 saturated heterocycles. The molecule has 2 aromatic carbocycles. The number of nitrogens with zero attached hydrogens (tertiary/aromatic N) is 4. The third-order valence-corrected chi connectivity index (χ3v) is 9.49. The number of rotatable bonds is 18. The lowest BCUT2D eigenvalue weighted by atomic mass is 10.0. The van der Waals surface area contributed by atoms with E-state index in [-0.39, 0.29) is 90.8 Å². The van der Waals surface area contributed by atoms with Gasteiger partial charge in [-0.15, -0.1) is 0 Å². The lowest BCUT2D eigenvalue weighted by Crippen LogP contribution is -2.54. The molecule has 1 N–H and O–H groups in total. The predicted octanol–water partition coefficient (Wildman–Crippen LogP) is 4.62. The Morgan fingerprint density at radius 1 is 0.689 bits per heavy atom. The third kappa shape index (κ3) is 19.1. The van der Waals surface area contributed by atoms with E-state index in [1.807, 2.05) is 45.0 Å². The molecule has 3 rings (SSSR count). The molecule has 0 amide bonds. The van der Waals surface area contributed by atoms with Crippen molar-refractivity contribution in [2.75, 3.05) is 85.8 Å². The van der Waals surface area contributed by atoms with Gasteiger partial charge in [0.2, 0.25) is 0 Å². The summed E-state index contributed by atoms with van der Waals surface area (Å²) in [5.74, 6) is -7.13. The molecular formula is C43H62F4N4O10. The second-order valence-electron chi connectivity index (χ2n) is 16.9. The molecule has 18 heteroatoms. The second-order valence-corrected chi connectivity index (χ2v) is 16.9. The monoisotopic (exact) mass is 870 g/mol. The molecule has 0 aromatic heterocycles. The molecule has 1 fully saturated rings. The molecule has 2 atom stereocenters. The van der Waals surface area contributed by atoms with Crippen molar-refractivity contribution in [1.29, 1.82) is 0 Å². The van der Waals surface area contributed by atoms with Gasteiger partial charge in [0.15, 0.2) is 6.61 Å². The summed E-state index contributed by atoms with van der Waals surface area (Å²) in [6.45, 7) is 10.6. The number of carbonyl (C=O) groups is 4. The van der Waals surface area contributed by atoms with Crippen LogP contribution in [0.2, 0.25) is 0 Å². The van der Waals surface area contributed by atoms with Crippen LogP contribution in [0.15, 0.2) is 54.6 Å². The van der Waals surface area contributed by atoms with Crippen LogP contribution in [0.4, 0.5) is 17.6 Å². The van der Waals surface area contributed by atoms with Gasteiger partial charge in [0.05, 0.1) is 33.4 Å².